The van der Waals surface area contributed by atoms with E-state index in [2.05, 4.69) is 17.1 Å². The highest BCUT2D eigenvalue weighted by molar-refractivity contribution is 5.89. The van der Waals surface area contributed by atoms with Crippen molar-refractivity contribution in [1.29, 1.82) is 0 Å². The third kappa shape index (κ3) is 3.59. The van der Waals surface area contributed by atoms with Crippen molar-refractivity contribution in [3.8, 4) is 17.2 Å². The molecule has 2 rings (SSSR count). The molecule has 2 aromatic rings. The first-order valence-electron chi connectivity index (χ1n) is 6.89. The lowest BCUT2D eigenvalue weighted by Gasteiger charge is -2.13. The Morgan fingerprint density at radius 1 is 1.29 bits per heavy atom. The van der Waals surface area contributed by atoms with Gasteiger partial charge < -0.3 is 14.1 Å². The Morgan fingerprint density at radius 2 is 2.00 bits per heavy atom. The summed E-state index contributed by atoms with van der Waals surface area (Å²) in [4.78, 5) is 13.7. The Hall–Kier alpha value is -2.37. The molecular formula is C15H19N3O3. The molecule has 0 aliphatic heterocycles. The van der Waals surface area contributed by atoms with Crippen molar-refractivity contribution in [2.45, 2.75) is 19.8 Å². The van der Waals surface area contributed by atoms with Crippen molar-refractivity contribution in [1.82, 2.24) is 15.1 Å². The van der Waals surface area contributed by atoms with E-state index in [0.29, 0.717) is 12.4 Å². The van der Waals surface area contributed by atoms with Crippen LogP contribution in [0.1, 0.15) is 30.5 Å². The number of rotatable bonds is 6. The van der Waals surface area contributed by atoms with Gasteiger partial charge in [0.25, 0.3) is 0 Å². The molecule has 0 unspecified atom stereocenters. The number of carbonyl (C=O) groups is 1. The predicted molar refractivity (Wildman–Crippen MR) is 78.2 cm³/mol. The number of nitrogens with zero attached hydrogens (tertiary/aromatic N) is 3. The van der Waals surface area contributed by atoms with E-state index in [1.54, 1.807) is 43.3 Å². The van der Waals surface area contributed by atoms with Gasteiger partial charge in [-0.1, -0.05) is 13.3 Å². The molecule has 0 radical (unpaired) electrons. The van der Waals surface area contributed by atoms with E-state index in [1.807, 2.05) is 0 Å². The van der Waals surface area contributed by atoms with E-state index >= 15 is 0 Å². The maximum atomic E-state index is 12.1. The molecule has 21 heavy (non-hydrogen) atoms. The number of amides is 1. The van der Waals surface area contributed by atoms with Gasteiger partial charge in [-0.2, -0.15) is 0 Å². The minimum absolute atomic E-state index is 0.0134. The lowest BCUT2D eigenvalue weighted by atomic mass is 10.2. The molecule has 0 fully saturated rings. The standard InChI is InChI=1S/C15H19N3O3/c1-4-5-10-18(2)15(19)14-17-16-13(21-14)11-6-8-12(20-3)9-7-11/h6-9H,4-5,10H2,1-3H3. The number of carbonyl (C=O) groups excluding carboxylic acids is 1. The summed E-state index contributed by atoms with van der Waals surface area (Å²) in [5, 5.41) is 7.75. The second-order valence-electron chi connectivity index (χ2n) is 4.72. The van der Waals surface area contributed by atoms with Gasteiger partial charge in [0.15, 0.2) is 0 Å². The Kier molecular flexibility index (Phi) is 4.92. The molecule has 6 heteroatoms. The molecule has 6 nitrogen and oxygen atoms in total. The summed E-state index contributed by atoms with van der Waals surface area (Å²) in [6.07, 6.45) is 1.97. The summed E-state index contributed by atoms with van der Waals surface area (Å²) < 4.78 is 10.5. The van der Waals surface area contributed by atoms with E-state index in [1.165, 1.54) is 0 Å². The molecule has 1 aromatic heterocycles. The fraction of sp³-hybridized carbons (Fsp3) is 0.400. The fourth-order valence-corrected chi connectivity index (χ4v) is 1.82. The molecule has 0 aliphatic rings. The van der Waals surface area contributed by atoms with Crippen molar-refractivity contribution >= 4 is 5.91 Å². The molecule has 0 N–H and O–H groups in total. The molecule has 1 heterocycles. The molecular weight excluding hydrogens is 270 g/mol. The molecule has 0 saturated carbocycles. The second kappa shape index (κ2) is 6.88. The zero-order valence-electron chi connectivity index (χ0n) is 12.5. The zero-order valence-corrected chi connectivity index (χ0v) is 12.5. The lowest BCUT2D eigenvalue weighted by molar-refractivity contribution is 0.0754. The number of methoxy groups -OCH3 is 1. The van der Waals surface area contributed by atoms with Crippen LogP contribution in [-0.4, -0.2) is 41.7 Å². The van der Waals surface area contributed by atoms with Gasteiger partial charge in [-0.05, 0) is 30.7 Å². The van der Waals surface area contributed by atoms with Gasteiger partial charge in [-0.25, -0.2) is 0 Å². The average molecular weight is 289 g/mol. The summed E-state index contributed by atoms with van der Waals surface area (Å²) >= 11 is 0. The van der Waals surface area contributed by atoms with Crippen LogP contribution < -0.4 is 4.74 Å². The Labute approximate surface area is 123 Å². The monoisotopic (exact) mass is 289 g/mol. The lowest BCUT2D eigenvalue weighted by Crippen LogP contribution is -2.27. The summed E-state index contributed by atoms with van der Waals surface area (Å²) in [6.45, 7) is 2.75. The first kappa shape index (κ1) is 15.0. The SMILES string of the molecule is CCCCN(C)C(=O)c1nnc(-c2ccc(OC)cc2)o1. The van der Waals surface area contributed by atoms with E-state index in [0.717, 1.165) is 24.2 Å². The van der Waals surface area contributed by atoms with Crippen LogP contribution in [0.2, 0.25) is 0 Å². The number of hydrogen-bond donors (Lipinski definition) is 0. The Balaban J connectivity index is 2.11. The molecule has 112 valence electrons. The maximum absolute atomic E-state index is 12.1. The van der Waals surface area contributed by atoms with Crippen LogP contribution in [0.3, 0.4) is 0 Å². The molecule has 1 aromatic carbocycles. The van der Waals surface area contributed by atoms with Gasteiger partial charge in [-0.3, -0.25) is 4.79 Å². The number of aromatic nitrogens is 2. The number of benzene rings is 1. The van der Waals surface area contributed by atoms with Crippen molar-refractivity contribution < 1.29 is 13.9 Å². The Bertz CT molecular complexity index is 592. The summed E-state index contributed by atoms with van der Waals surface area (Å²) in [5.74, 6) is 0.828. The first-order valence-corrected chi connectivity index (χ1v) is 6.89. The van der Waals surface area contributed by atoms with E-state index in [-0.39, 0.29) is 11.8 Å². The molecule has 0 bridgehead atoms. The molecule has 0 spiro atoms. The molecule has 0 aliphatic carbocycles. The quantitative estimate of drug-likeness (QED) is 0.817. The third-order valence-corrected chi connectivity index (χ3v) is 3.14. The van der Waals surface area contributed by atoms with E-state index in [4.69, 9.17) is 9.15 Å². The number of hydrogen-bond acceptors (Lipinski definition) is 5. The van der Waals surface area contributed by atoms with E-state index < -0.39 is 0 Å². The molecule has 0 atom stereocenters. The number of unbranched alkanes of at least 4 members (excludes halogenated alkanes) is 1. The first-order chi connectivity index (χ1) is 10.2. The van der Waals surface area contributed by atoms with Crippen LogP contribution in [0.15, 0.2) is 28.7 Å². The minimum Gasteiger partial charge on any atom is -0.497 e. The topological polar surface area (TPSA) is 68.5 Å². The van der Waals surface area contributed by atoms with Crippen LogP contribution >= 0.6 is 0 Å². The van der Waals surface area contributed by atoms with Crippen LogP contribution in [-0.2, 0) is 0 Å². The molecule has 0 saturated heterocycles. The number of ether oxygens (including phenoxy) is 1. The minimum atomic E-state index is -0.254. The summed E-state index contributed by atoms with van der Waals surface area (Å²) in [5.41, 5.74) is 0.749. The highest BCUT2D eigenvalue weighted by Gasteiger charge is 2.19. The predicted octanol–water partition coefficient (Wildman–Crippen LogP) is 2.62. The fourth-order valence-electron chi connectivity index (χ4n) is 1.82. The van der Waals surface area contributed by atoms with Gasteiger partial charge in [0.1, 0.15) is 5.75 Å². The summed E-state index contributed by atoms with van der Waals surface area (Å²) in [6, 6.07) is 7.21. The van der Waals surface area contributed by atoms with Crippen LogP contribution in [0.5, 0.6) is 5.75 Å². The smallest absolute Gasteiger partial charge is 0.311 e. The normalized spacial score (nSPS) is 10.4. The van der Waals surface area contributed by atoms with Crippen molar-refractivity contribution in [2.75, 3.05) is 20.7 Å². The third-order valence-electron chi connectivity index (χ3n) is 3.14. The van der Waals surface area contributed by atoms with Gasteiger partial charge in [0.2, 0.25) is 5.89 Å². The van der Waals surface area contributed by atoms with Gasteiger partial charge in [0.05, 0.1) is 7.11 Å². The Morgan fingerprint density at radius 3 is 2.62 bits per heavy atom. The van der Waals surface area contributed by atoms with Gasteiger partial charge in [0, 0.05) is 19.2 Å². The van der Waals surface area contributed by atoms with Crippen LogP contribution in [0.4, 0.5) is 0 Å². The van der Waals surface area contributed by atoms with Crippen molar-refractivity contribution in [3.63, 3.8) is 0 Å². The van der Waals surface area contributed by atoms with Gasteiger partial charge in [-0.15, -0.1) is 10.2 Å². The highest BCUT2D eigenvalue weighted by atomic mass is 16.5. The van der Waals surface area contributed by atoms with Crippen LogP contribution in [0.25, 0.3) is 11.5 Å². The maximum Gasteiger partial charge on any atom is 0.311 e. The average Bonchev–Trinajstić information content (AvgIpc) is 3.01. The van der Waals surface area contributed by atoms with Crippen molar-refractivity contribution in [2.24, 2.45) is 0 Å². The second-order valence-corrected chi connectivity index (χ2v) is 4.72. The highest BCUT2D eigenvalue weighted by Crippen LogP contribution is 2.21. The largest absolute Gasteiger partial charge is 0.497 e. The summed E-state index contributed by atoms with van der Waals surface area (Å²) in [7, 11) is 3.33. The van der Waals surface area contributed by atoms with Crippen molar-refractivity contribution in [3.05, 3.63) is 30.2 Å². The van der Waals surface area contributed by atoms with Crippen LogP contribution in [0, 0.1) is 0 Å². The zero-order chi connectivity index (χ0) is 15.2. The van der Waals surface area contributed by atoms with E-state index in [9.17, 15) is 4.79 Å². The molecule has 1 amide bonds. The van der Waals surface area contributed by atoms with Gasteiger partial charge >= 0.3 is 11.8 Å².